The number of hydrogen-bond donors (Lipinski definition) is 1. The van der Waals surface area contributed by atoms with Crippen LogP contribution in [0.3, 0.4) is 0 Å². The summed E-state index contributed by atoms with van der Waals surface area (Å²) < 4.78 is 7.55. The smallest absolute Gasteiger partial charge is 0.277 e. The van der Waals surface area contributed by atoms with Gasteiger partial charge in [0.05, 0.1) is 24.4 Å². The van der Waals surface area contributed by atoms with Gasteiger partial charge in [0.25, 0.3) is 5.56 Å². The molecule has 1 saturated heterocycles. The van der Waals surface area contributed by atoms with Gasteiger partial charge in [-0.2, -0.15) is 5.10 Å². The summed E-state index contributed by atoms with van der Waals surface area (Å²) in [6, 6.07) is 5.40. The summed E-state index contributed by atoms with van der Waals surface area (Å²) in [6.07, 6.45) is 2.48. The molecule has 9 heteroatoms. The Kier molecular flexibility index (Phi) is 7.43. The lowest BCUT2D eigenvalue weighted by atomic mass is 10.0. The fourth-order valence-corrected chi connectivity index (χ4v) is 4.31. The third-order valence-electron chi connectivity index (χ3n) is 6.23. The number of ketones is 1. The Morgan fingerprint density at radius 3 is 2.59 bits per heavy atom. The maximum atomic E-state index is 13.1. The van der Waals surface area contributed by atoms with Gasteiger partial charge in [0, 0.05) is 38.8 Å². The third-order valence-corrected chi connectivity index (χ3v) is 6.23. The Hall–Kier alpha value is -3.04. The minimum absolute atomic E-state index is 0.0457. The Bertz CT molecular complexity index is 1220. The molecular weight excluding hydrogens is 432 g/mol. The molecule has 9 nitrogen and oxygen atoms in total. The number of H-pyrrole nitrogens is 1. The van der Waals surface area contributed by atoms with Crippen molar-refractivity contribution in [2.45, 2.75) is 33.1 Å². The van der Waals surface area contributed by atoms with Gasteiger partial charge in [0.15, 0.2) is 11.3 Å². The lowest BCUT2D eigenvalue weighted by Gasteiger charge is -2.31. The average molecular weight is 467 g/mol. The zero-order valence-electron chi connectivity index (χ0n) is 20.6. The van der Waals surface area contributed by atoms with Gasteiger partial charge in [0.2, 0.25) is 0 Å². The van der Waals surface area contributed by atoms with Crippen LogP contribution in [0, 0.1) is 0 Å². The van der Waals surface area contributed by atoms with Crippen molar-refractivity contribution in [2.75, 3.05) is 46.4 Å². The number of aryl methyl sites for hydroxylation is 2. The summed E-state index contributed by atoms with van der Waals surface area (Å²) in [6.45, 7) is 8.67. The Morgan fingerprint density at radius 2 is 1.88 bits per heavy atom. The highest BCUT2D eigenvalue weighted by atomic mass is 16.5. The number of ether oxygens (including phenoxy) is 1. The lowest BCUT2D eigenvalue weighted by molar-refractivity contribution is 0.0876. The van der Waals surface area contributed by atoms with Crippen LogP contribution >= 0.6 is 0 Å². The number of benzene rings is 1. The largest absolute Gasteiger partial charge is 0.493 e. The van der Waals surface area contributed by atoms with Crippen molar-refractivity contribution in [3.05, 3.63) is 39.8 Å². The summed E-state index contributed by atoms with van der Waals surface area (Å²) in [5.74, 6) is 1.04. The molecule has 1 aromatic carbocycles. The molecule has 0 radical (unpaired) electrons. The molecule has 0 saturated carbocycles. The summed E-state index contributed by atoms with van der Waals surface area (Å²) in [7, 11) is 3.85. The van der Waals surface area contributed by atoms with E-state index in [0.717, 1.165) is 51.1 Å². The van der Waals surface area contributed by atoms with Gasteiger partial charge in [-0.3, -0.25) is 19.2 Å². The Morgan fingerprint density at radius 1 is 1.12 bits per heavy atom. The van der Waals surface area contributed by atoms with Crippen LogP contribution < -0.4 is 10.3 Å². The van der Waals surface area contributed by atoms with Crippen LogP contribution in [0.25, 0.3) is 22.4 Å². The number of rotatable bonds is 9. The van der Waals surface area contributed by atoms with Gasteiger partial charge in [-0.15, -0.1) is 0 Å². The highest BCUT2D eigenvalue weighted by Gasteiger charge is 2.21. The molecule has 34 heavy (non-hydrogen) atoms. The number of fused-ring (bicyclic) bond motifs is 1. The molecule has 1 aliphatic heterocycles. The highest BCUT2D eigenvalue weighted by Crippen LogP contribution is 2.30. The Balaban J connectivity index is 1.73. The monoisotopic (exact) mass is 466 g/mol. The molecule has 0 bridgehead atoms. The molecular formula is C25H34N6O3. The number of aromatic amines is 1. The minimum Gasteiger partial charge on any atom is -0.493 e. The van der Waals surface area contributed by atoms with E-state index in [1.54, 1.807) is 23.9 Å². The number of hydrogen-bond acceptors (Lipinski definition) is 7. The third kappa shape index (κ3) is 5.05. The van der Waals surface area contributed by atoms with E-state index in [9.17, 15) is 9.59 Å². The van der Waals surface area contributed by atoms with Crippen LogP contribution in [0.4, 0.5) is 0 Å². The Labute approximate surface area is 199 Å². The molecule has 2 aromatic heterocycles. The first-order valence-corrected chi connectivity index (χ1v) is 12.1. The van der Waals surface area contributed by atoms with Crippen molar-refractivity contribution in [1.82, 2.24) is 29.5 Å². The van der Waals surface area contributed by atoms with Crippen molar-refractivity contribution in [2.24, 2.45) is 7.05 Å². The van der Waals surface area contributed by atoms with Crippen LogP contribution in [0.1, 0.15) is 42.7 Å². The number of carbonyl (C=O) groups excluding carboxylic acids is 1. The fourth-order valence-electron chi connectivity index (χ4n) is 4.31. The van der Waals surface area contributed by atoms with E-state index in [2.05, 4.69) is 33.9 Å². The summed E-state index contributed by atoms with van der Waals surface area (Å²) >= 11 is 0. The standard InChI is InChI=1S/C25H34N6O3/c1-5-7-19-22-23(30(4)28-19)25(33)27-24(26-22)18-15-17(8-9-21(18)34-14-6-2)20(32)16-31-12-10-29(3)11-13-31/h8-9,15H,5-7,10-14,16H2,1-4H3,(H,26,27,33). The van der Waals surface area contributed by atoms with Crippen LogP contribution in [0.15, 0.2) is 23.0 Å². The summed E-state index contributed by atoms with van der Waals surface area (Å²) in [5.41, 5.74) is 2.78. The molecule has 0 amide bonds. The van der Waals surface area contributed by atoms with Gasteiger partial charge < -0.3 is 14.6 Å². The second-order valence-electron chi connectivity index (χ2n) is 8.99. The second kappa shape index (κ2) is 10.5. The van der Waals surface area contributed by atoms with Crippen molar-refractivity contribution in [3.63, 3.8) is 0 Å². The van der Waals surface area contributed by atoms with Crippen LogP contribution in [0.5, 0.6) is 5.75 Å². The highest BCUT2D eigenvalue weighted by molar-refractivity contribution is 5.99. The van der Waals surface area contributed by atoms with Crippen molar-refractivity contribution < 1.29 is 9.53 Å². The zero-order chi connectivity index (χ0) is 24.2. The van der Waals surface area contributed by atoms with Crippen LogP contribution in [-0.4, -0.2) is 81.7 Å². The number of likely N-dealkylation sites (N-methyl/N-ethyl adjacent to an activating group) is 1. The molecule has 1 aliphatic rings. The first-order chi connectivity index (χ1) is 16.4. The predicted molar refractivity (Wildman–Crippen MR) is 133 cm³/mol. The van der Waals surface area contributed by atoms with E-state index in [1.165, 1.54) is 0 Å². The van der Waals surface area contributed by atoms with Gasteiger partial charge >= 0.3 is 0 Å². The average Bonchev–Trinajstić information content (AvgIpc) is 3.14. The SMILES string of the molecule is CCCOc1ccc(C(=O)CN2CCN(C)CC2)cc1-c1nc2c(CCC)nn(C)c2c(=O)[nH]1. The number of carbonyl (C=O) groups is 1. The summed E-state index contributed by atoms with van der Waals surface area (Å²) in [5, 5.41) is 4.50. The van der Waals surface area contributed by atoms with Crippen molar-refractivity contribution in [1.29, 1.82) is 0 Å². The summed E-state index contributed by atoms with van der Waals surface area (Å²) in [4.78, 5) is 38.2. The van der Waals surface area contributed by atoms with E-state index in [4.69, 9.17) is 9.72 Å². The van der Waals surface area contributed by atoms with E-state index in [1.807, 2.05) is 13.0 Å². The van der Waals surface area contributed by atoms with Crippen molar-refractivity contribution in [3.8, 4) is 17.1 Å². The number of aromatic nitrogens is 4. The number of Topliss-reactive ketones (excluding diaryl/α,β-unsaturated/α-hetero) is 1. The molecule has 0 aliphatic carbocycles. The number of piperazine rings is 1. The molecule has 3 heterocycles. The van der Waals surface area contributed by atoms with Gasteiger partial charge in [-0.25, -0.2) is 4.98 Å². The van der Waals surface area contributed by atoms with E-state index >= 15 is 0 Å². The van der Waals surface area contributed by atoms with Gasteiger partial charge in [-0.05, 0) is 38.1 Å². The van der Waals surface area contributed by atoms with E-state index < -0.39 is 0 Å². The fraction of sp³-hybridized carbons (Fsp3) is 0.520. The number of nitrogens with one attached hydrogen (secondary N) is 1. The molecule has 0 atom stereocenters. The molecule has 182 valence electrons. The zero-order valence-corrected chi connectivity index (χ0v) is 20.6. The van der Waals surface area contributed by atoms with E-state index in [0.29, 0.717) is 46.9 Å². The second-order valence-corrected chi connectivity index (χ2v) is 8.99. The molecule has 0 spiro atoms. The van der Waals surface area contributed by atoms with Crippen LogP contribution in [0.2, 0.25) is 0 Å². The lowest BCUT2D eigenvalue weighted by Crippen LogP contribution is -2.46. The molecule has 1 fully saturated rings. The van der Waals surface area contributed by atoms with E-state index in [-0.39, 0.29) is 11.3 Å². The predicted octanol–water partition coefficient (Wildman–Crippen LogP) is 2.50. The van der Waals surface area contributed by atoms with Crippen LogP contribution in [-0.2, 0) is 13.5 Å². The normalized spacial score (nSPS) is 15.2. The van der Waals surface area contributed by atoms with Crippen molar-refractivity contribution >= 4 is 16.8 Å². The first kappa shape index (κ1) is 24.1. The minimum atomic E-state index is -0.257. The topological polar surface area (TPSA) is 96.3 Å². The number of nitrogens with zero attached hydrogens (tertiary/aromatic N) is 5. The van der Waals surface area contributed by atoms with Gasteiger partial charge in [0.1, 0.15) is 17.1 Å². The maximum Gasteiger partial charge on any atom is 0.277 e. The maximum absolute atomic E-state index is 13.1. The molecule has 0 unspecified atom stereocenters. The van der Waals surface area contributed by atoms with Gasteiger partial charge in [-0.1, -0.05) is 20.3 Å². The quantitative estimate of drug-likeness (QED) is 0.484. The first-order valence-electron chi connectivity index (χ1n) is 12.1. The molecule has 1 N–H and O–H groups in total. The molecule has 3 aromatic rings. The molecule has 4 rings (SSSR count).